The number of likely N-dealkylation sites (N-methyl/N-ethyl adjacent to an activating group) is 1. The summed E-state index contributed by atoms with van der Waals surface area (Å²) in [5.74, 6) is -0.239. The Morgan fingerprint density at radius 3 is 2.52 bits per heavy atom. The molecule has 3 nitrogen and oxygen atoms in total. The third-order valence-corrected chi connectivity index (χ3v) is 3.98. The molecule has 0 saturated heterocycles. The second kappa shape index (κ2) is 7.78. The molecule has 0 heterocycles. The number of amides is 1. The lowest BCUT2D eigenvalue weighted by atomic mass is 10.2. The molecule has 0 saturated carbocycles. The Labute approximate surface area is 149 Å². The minimum atomic E-state index is -4.55. The fraction of sp³-hybridized carbons (Fsp3) is 0.278. The number of nitrogens with one attached hydrogen (secondary N) is 1. The number of carbonyl (C=O) groups excluding carboxylic acids is 1. The number of alkyl halides is 3. The summed E-state index contributed by atoms with van der Waals surface area (Å²) in [5, 5.41) is 2.36. The van der Waals surface area contributed by atoms with Crippen molar-refractivity contribution in [2.75, 3.05) is 23.3 Å². The third-order valence-electron chi connectivity index (χ3n) is 3.65. The topological polar surface area (TPSA) is 32.3 Å². The van der Waals surface area contributed by atoms with Crippen molar-refractivity contribution < 1.29 is 18.0 Å². The van der Waals surface area contributed by atoms with Crippen molar-refractivity contribution in [1.29, 1.82) is 0 Å². The molecule has 0 aliphatic carbocycles. The molecule has 2 aromatic rings. The molecule has 0 atom stereocenters. The van der Waals surface area contributed by atoms with Crippen LogP contribution in [0, 0.1) is 6.92 Å². The zero-order chi connectivity index (χ0) is 18.6. The first-order chi connectivity index (χ1) is 11.7. The number of anilines is 2. The van der Waals surface area contributed by atoms with Crippen LogP contribution < -0.4 is 10.2 Å². The highest BCUT2D eigenvalue weighted by Crippen LogP contribution is 2.36. The number of hydrogen-bond acceptors (Lipinski definition) is 2. The Morgan fingerprint density at radius 1 is 1.20 bits per heavy atom. The minimum absolute atomic E-state index is 0.124. The van der Waals surface area contributed by atoms with Gasteiger partial charge in [0.25, 0.3) is 0 Å². The molecule has 134 valence electrons. The maximum absolute atomic E-state index is 12.9. The van der Waals surface area contributed by atoms with Crippen LogP contribution >= 0.6 is 11.6 Å². The van der Waals surface area contributed by atoms with Crippen LogP contribution in [-0.4, -0.2) is 19.0 Å². The summed E-state index contributed by atoms with van der Waals surface area (Å²) in [6.45, 7) is 4.09. The molecule has 1 N–H and O–H groups in total. The maximum atomic E-state index is 12.9. The van der Waals surface area contributed by atoms with E-state index < -0.39 is 11.7 Å². The van der Waals surface area contributed by atoms with E-state index in [4.69, 9.17) is 11.6 Å². The van der Waals surface area contributed by atoms with Crippen LogP contribution in [0.15, 0.2) is 42.5 Å². The van der Waals surface area contributed by atoms with E-state index in [1.807, 2.05) is 38.1 Å². The van der Waals surface area contributed by atoms with E-state index in [0.29, 0.717) is 6.54 Å². The number of nitrogens with zero attached hydrogens (tertiary/aromatic N) is 1. The molecular formula is C18H18ClF3N2O. The van der Waals surface area contributed by atoms with E-state index in [9.17, 15) is 18.0 Å². The largest absolute Gasteiger partial charge is 0.417 e. The first-order valence-electron chi connectivity index (χ1n) is 7.70. The molecule has 0 aliphatic rings. The van der Waals surface area contributed by atoms with E-state index in [0.717, 1.165) is 23.4 Å². The van der Waals surface area contributed by atoms with E-state index in [2.05, 4.69) is 5.32 Å². The summed E-state index contributed by atoms with van der Waals surface area (Å²) in [7, 11) is 0. The summed E-state index contributed by atoms with van der Waals surface area (Å²) in [6.07, 6.45) is -4.55. The van der Waals surface area contributed by atoms with Gasteiger partial charge in [0, 0.05) is 17.9 Å². The second-order valence-electron chi connectivity index (χ2n) is 5.52. The van der Waals surface area contributed by atoms with Crippen molar-refractivity contribution in [1.82, 2.24) is 0 Å². The molecule has 0 radical (unpaired) electrons. The van der Waals surface area contributed by atoms with Gasteiger partial charge in [-0.2, -0.15) is 13.2 Å². The first kappa shape index (κ1) is 19.1. The second-order valence-corrected chi connectivity index (χ2v) is 5.93. The van der Waals surface area contributed by atoms with Crippen molar-refractivity contribution in [2.45, 2.75) is 20.0 Å². The van der Waals surface area contributed by atoms with Gasteiger partial charge in [-0.1, -0.05) is 23.7 Å². The molecule has 0 bridgehead atoms. The van der Waals surface area contributed by atoms with Gasteiger partial charge in [-0.25, -0.2) is 0 Å². The molecular weight excluding hydrogens is 353 g/mol. The monoisotopic (exact) mass is 370 g/mol. The summed E-state index contributed by atoms with van der Waals surface area (Å²) in [5.41, 5.74) is 1.02. The quantitative estimate of drug-likeness (QED) is 0.791. The smallest absolute Gasteiger partial charge is 0.376 e. The standard InChI is InChI=1S/C18H18ClF3N2O/c1-3-24(14-6-4-5-12(2)9-14)17(25)11-23-13-7-8-16(19)15(10-13)18(20,21)22/h4-10,23H,3,11H2,1-2H3. The zero-order valence-electron chi connectivity index (χ0n) is 13.8. The lowest BCUT2D eigenvalue weighted by Gasteiger charge is -2.22. The van der Waals surface area contributed by atoms with Crippen LogP contribution in [-0.2, 0) is 11.0 Å². The lowest BCUT2D eigenvalue weighted by molar-refractivity contribution is -0.137. The summed E-state index contributed by atoms with van der Waals surface area (Å²) < 4.78 is 38.6. The van der Waals surface area contributed by atoms with Gasteiger partial charge in [0.1, 0.15) is 0 Å². The van der Waals surface area contributed by atoms with Crippen LogP contribution in [0.4, 0.5) is 24.5 Å². The van der Waals surface area contributed by atoms with Crippen molar-refractivity contribution in [3.8, 4) is 0 Å². The van der Waals surface area contributed by atoms with Crippen molar-refractivity contribution >= 4 is 28.9 Å². The minimum Gasteiger partial charge on any atom is -0.376 e. The number of rotatable bonds is 5. The number of carbonyl (C=O) groups is 1. The Bertz CT molecular complexity index is 762. The fourth-order valence-electron chi connectivity index (χ4n) is 2.42. The highest BCUT2D eigenvalue weighted by Gasteiger charge is 2.33. The Kier molecular flexibility index (Phi) is 5.95. The van der Waals surface area contributed by atoms with Gasteiger partial charge in [0.2, 0.25) is 5.91 Å². The Hall–Kier alpha value is -2.21. The van der Waals surface area contributed by atoms with E-state index >= 15 is 0 Å². The normalized spacial score (nSPS) is 11.3. The third kappa shape index (κ3) is 4.89. The van der Waals surface area contributed by atoms with Crippen LogP contribution in [0.3, 0.4) is 0 Å². The van der Waals surface area contributed by atoms with Gasteiger partial charge in [-0.3, -0.25) is 4.79 Å². The molecule has 2 rings (SSSR count). The molecule has 0 spiro atoms. The van der Waals surface area contributed by atoms with Gasteiger partial charge < -0.3 is 10.2 Å². The predicted molar refractivity (Wildman–Crippen MR) is 94.1 cm³/mol. The maximum Gasteiger partial charge on any atom is 0.417 e. The van der Waals surface area contributed by atoms with Crippen molar-refractivity contribution in [3.05, 3.63) is 58.6 Å². The van der Waals surface area contributed by atoms with Crippen LogP contribution in [0.2, 0.25) is 5.02 Å². The Balaban J connectivity index is 2.11. The molecule has 7 heteroatoms. The molecule has 1 amide bonds. The van der Waals surface area contributed by atoms with E-state index in [1.165, 1.54) is 6.07 Å². The number of halogens is 4. The van der Waals surface area contributed by atoms with Gasteiger partial charge in [0.05, 0.1) is 17.1 Å². The van der Waals surface area contributed by atoms with Crippen LogP contribution in [0.5, 0.6) is 0 Å². The number of aryl methyl sites for hydroxylation is 1. The first-order valence-corrected chi connectivity index (χ1v) is 8.08. The summed E-state index contributed by atoms with van der Waals surface area (Å²) in [6, 6.07) is 10.9. The molecule has 0 aromatic heterocycles. The number of benzene rings is 2. The Morgan fingerprint density at radius 2 is 1.92 bits per heavy atom. The highest BCUT2D eigenvalue weighted by atomic mass is 35.5. The fourth-order valence-corrected chi connectivity index (χ4v) is 2.65. The SMILES string of the molecule is CCN(C(=O)CNc1ccc(Cl)c(C(F)(F)F)c1)c1cccc(C)c1. The highest BCUT2D eigenvalue weighted by molar-refractivity contribution is 6.31. The average molecular weight is 371 g/mol. The summed E-state index contributed by atoms with van der Waals surface area (Å²) >= 11 is 5.59. The van der Waals surface area contributed by atoms with Crippen LogP contribution in [0.1, 0.15) is 18.1 Å². The zero-order valence-corrected chi connectivity index (χ0v) is 14.6. The van der Waals surface area contributed by atoms with Crippen molar-refractivity contribution in [2.24, 2.45) is 0 Å². The molecule has 0 unspecified atom stereocenters. The molecule has 0 aliphatic heterocycles. The van der Waals surface area contributed by atoms with Gasteiger partial charge in [-0.15, -0.1) is 0 Å². The molecule has 2 aromatic carbocycles. The number of hydrogen-bond donors (Lipinski definition) is 1. The van der Waals surface area contributed by atoms with Crippen molar-refractivity contribution in [3.63, 3.8) is 0 Å². The van der Waals surface area contributed by atoms with Crippen LogP contribution in [0.25, 0.3) is 0 Å². The van der Waals surface area contributed by atoms with E-state index in [-0.39, 0.29) is 23.2 Å². The average Bonchev–Trinajstić information content (AvgIpc) is 2.54. The molecule has 25 heavy (non-hydrogen) atoms. The van der Waals surface area contributed by atoms with Gasteiger partial charge in [-0.05, 0) is 49.7 Å². The predicted octanol–water partition coefficient (Wildman–Crippen LogP) is 5.13. The van der Waals surface area contributed by atoms with Gasteiger partial charge in [0.15, 0.2) is 0 Å². The summed E-state index contributed by atoms with van der Waals surface area (Å²) in [4.78, 5) is 14.0. The molecule has 0 fully saturated rings. The van der Waals surface area contributed by atoms with Gasteiger partial charge >= 0.3 is 6.18 Å². The lowest BCUT2D eigenvalue weighted by Crippen LogP contribution is -2.35. The van der Waals surface area contributed by atoms with E-state index in [1.54, 1.807) is 4.90 Å².